The molecule has 1 unspecified atom stereocenters. The van der Waals surface area contributed by atoms with Crippen molar-refractivity contribution in [1.29, 1.82) is 0 Å². The van der Waals surface area contributed by atoms with Crippen LogP contribution in [0.15, 0.2) is 28.7 Å². The predicted molar refractivity (Wildman–Crippen MR) is 76.5 cm³/mol. The Morgan fingerprint density at radius 3 is 2.95 bits per heavy atom. The fourth-order valence-electron chi connectivity index (χ4n) is 2.31. The van der Waals surface area contributed by atoms with Crippen LogP contribution in [-0.4, -0.2) is 29.3 Å². The Bertz CT molecular complexity index is 598. The standard InChI is InChI=1S/C13H14BrFN4/c14-8-1-2-10(11(15)5-8)12-6-13(18-17-12)19-4-3-9(16)7-19/h1-2,5-6,9H,3-4,7,16H2,(H,17,18). The minimum Gasteiger partial charge on any atom is -0.354 e. The fraction of sp³-hybridized carbons (Fsp3) is 0.308. The molecule has 0 bridgehead atoms. The van der Waals surface area contributed by atoms with E-state index in [1.54, 1.807) is 6.07 Å². The molecule has 100 valence electrons. The van der Waals surface area contributed by atoms with Crippen molar-refractivity contribution in [2.24, 2.45) is 5.73 Å². The van der Waals surface area contributed by atoms with Crippen molar-refractivity contribution < 1.29 is 4.39 Å². The van der Waals surface area contributed by atoms with Gasteiger partial charge < -0.3 is 10.6 Å². The summed E-state index contributed by atoms with van der Waals surface area (Å²) in [6.07, 6.45) is 0.967. The molecular formula is C13H14BrFN4. The highest BCUT2D eigenvalue weighted by molar-refractivity contribution is 9.10. The molecule has 1 aromatic carbocycles. The van der Waals surface area contributed by atoms with Gasteiger partial charge in [0.25, 0.3) is 0 Å². The maximum atomic E-state index is 13.9. The fourth-order valence-corrected chi connectivity index (χ4v) is 2.65. The summed E-state index contributed by atoms with van der Waals surface area (Å²) >= 11 is 3.25. The highest BCUT2D eigenvalue weighted by atomic mass is 79.9. The first-order valence-corrected chi connectivity index (χ1v) is 6.94. The first-order valence-electron chi connectivity index (χ1n) is 6.15. The molecule has 6 heteroatoms. The molecule has 0 spiro atoms. The lowest BCUT2D eigenvalue weighted by Gasteiger charge is -2.13. The number of nitrogens with one attached hydrogen (secondary N) is 1. The Morgan fingerprint density at radius 1 is 1.42 bits per heavy atom. The Morgan fingerprint density at radius 2 is 2.26 bits per heavy atom. The summed E-state index contributed by atoms with van der Waals surface area (Å²) in [6.45, 7) is 1.70. The number of nitrogens with zero attached hydrogens (tertiary/aromatic N) is 2. The summed E-state index contributed by atoms with van der Waals surface area (Å²) in [5.74, 6) is 0.549. The van der Waals surface area contributed by atoms with E-state index in [0.29, 0.717) is 11.3 Å². The molecule has 3 rings (SSSR count). The zero-order valence-electron chi connectivity index (χ0n) is 10.2. The lowest BCUT2D eigenvalue weighted by Crippen LogP contribution is -2.26. The van der Waals surface area contributed by atoms with Gasteiger partial charge in [0.15, 0.2) is 5.82 Å². The molecule has 1 aliphatic rings. The van der Waals surface area contributed by atoms with Crippen LogP contribution in [0.2, 0.25) is 0 Å². The maximum Gasteiger partial charge on any atom is 0.151 e. The number of rotatable bonds is 2. The van der Waals surface area contributed by atoms with Gasteiger partial charge in [0.2, 0.25) is 0 Å². The van der Waals surface area contributed by atoms with Crippen LogP contribution < -0.4 is 10.6 Å². The largest absolute Gasteiger partial charge is 0.354 e. The molecule has 1 fully saturated rings. The average molecular weight is 325 g/mol. The van der Waals surface area contributed by atoms with Gasteiger partial charge in [-0.05, 0) is 24.6 Å². The molecule has 1 saturated heterocycles. The summed E-state index contributed by atoms with van der Waals surface area (Å²) in [5, 5.41) is 7.13. The summed E-state index contributed by atoms with van der Waals surface area (Å²) in [5.41, 5.74) is 7.08. The van der Waals surface area contributed by atoms with E-state index in [0.717, 1.165) is 29.8 Å². The van der Waals surface area contributed by atoms with Gasteiger partial charge >= 0.3 is 0 Å². The summed E-state index contributed by atoms with van der Waals surface area (Å²) in [4.78, 5) is 2.11. The van der Waals surface area contributed by atoms with E-state index in [9.17, 15) is 4.39 Å². The van der Waals surface area contributed by atoms with Crippen LogP contribution in [0.25, 0.3) is 11.3 Å². The zero-order valence-corrected chi connectivity index (χ0v) is 11.8. The summed E-state index contributed by atoms with van der Waals surface area (Å²) in [7, 11) is 0. The van der Waals surface area contributed by atoms with Crippen molar-refractivity contribution in [1.82, 2.24) is 10.2 Å². The molecule has 3 N–H and O–H groups in total. The second-order valence-corrected chi connectivity index (χ2v) is 5.67. The van der Waals surface area contributed by atoms with E-state index in [1.807, 2.05) is 12.1 Å². The SMILES string of the molecule is NC1CCN(c2cc(-c3ccc(Br)cc3F)[nH]n2)C1. The lowest BCUT2D eigenvalue weighted by atomic mass is 10.1. The van der Waals surface area contributed by atoms with E-state index in [-0.39, 0.29) is 11.9 Å². The van der Waals surface area contributed by atoms with Crippen molar-refractivity contribution in [2.75, 3.05) is 18.0 Å². The number of nitrogens with two attached hydrogens (primary N) is 1. The molecular weight excluding hydrogens is 311 g/mol. The molecule has 4 nitrogen and oxygen atoms in total. The summed E-state index contributed by atoms with van der Waals surface area (Å²) in [6, 6.07) is 7.05. The number of hydrogen-bond donors (Lipinski definition) is 2. The first-order chi connectivity index (χ1) is 9.13. The van der Waals surface area contributed by atoms with Crippen molar-refractivity contribution in [3.05, 3.63) is 34.6 Å². The molecule has 2 heterocycles. The average Bonchev–Trinajstić information content (AvgIpc) is 2.97. The summed E-state index contributed by atoms with van der Waals surface area (Å²) < 4.78 is 14.6. The van der Waals surface area contributed by atoms with Crippen molar-refractivity contribution in [2.45, 2.75) is 12.5 Å². The molecule has 19 heavy (non-hydrogen) atoms. The molecule has 0 amide bonds. The van der Waals surface area contributed by atoms with Gasteiger partial charge in [-0.15, -0.1) is 0 Å². The number of hydrogen-bond acceptors (Lipinski definition) is 3. The van der Waals surface area contributed by atoms with Gasteiger partial charge in [-0.3, -0.25) is 5.10 Å². The van der Waals surface area contributed by atoms with Gasteiger partial charge in [0, 0.05) is 35.2 Å². The van der Waals surface area contributed by atoms with E-state index in [1.165, 1.54) is 6.07 Å². The van der Waals surface area contributed by atoms with Crippen molar-refractivity contribution in [3.8, 4) is 11.3 Å². The zero-order chi connectivity index (χ0) is 13.4. The van der Waals surface area contributed by atoms with Gasteiger partial charge in [-0.2, -0.15) is 5.10 Å². The number of halogens is 2. The quantitative estimate of drug-likeness (QED) is 0.892. The van der Waals surface area contributed by atoms with Crippen LogP contribution >= 0.6 is 15.9 Å². The van der Waals surface area contributed by atoms with Crippen molar-refractivity contribution >= 4 is 21.7 Å². The third kappa shape index (κ3) is 2.50. The van der Waals surface area contributed by atoms with E-state index in [2.05, 4.69) is 31.0 Å². The van der Waals surface area contributed by atoms with Crippen molar-refractivity contribution in [3.63, 3.8) is 0 Å². The lowest BCUT2D eigenvalue weighted by molar-refractivity contribution is 0.630. The third-order valence-electron chi connectivity index (χ3n) is 3.33. The maximum absolute atomic E-state index is 13.9. The highest BCUT2D eigenvalue weighted by Crippen LogP contribution is 2.27. The van der Waals surface area contributed by atoms with Crippen LogP contribution in [0.5, 0.6) is 0 Å². The Hall–Kier alpha value is -1.40. The van der Waals surface area contributed by atoms with Crippen LogP contribution in [0.3, 0.4) is 0 Å². The van der Waals surface area contributed by atoms with E-state index in [4.69, 9.17) is 5.73 Å². The third-order valence-corrected chi connectivity index (χ3v) is 3.83. The topological polar surface area (TPSA) is 57.9 Å². The van der Waals surface area contributed by atoms with Crippen LogP contribution in [0.1, 0.15) is 6.42 Å². The van der Waals surface area contributed by atoms with Gasteiger partial charge in [0.1, 0.15) is 5.82 Å². The highest BCUT2D eigenvalue weighted by Gasteiger charge is 2.21. The van der Waals surface area contributed by atoms with E-state index >= 15 is 0 Å². The van der Waals surface area contributed by atoms with Gasteiger partial charge in [0.05, 0.1) is 5.69 Å². The molecule has 0 aliphatic carbocycles. The second kappa shape index (κ2) is 4.94. The van der Waals surface area contributed by atoms with E-state index < -0.39 is 0 Å². The number of aromatic nitrogens is 2. The molecule has 2 aromatic rings. The Balaban J connectivity index is 1.88. The Labute approximate surface area is 118 Å². The second-order valence-electron chi connectivity index (χ2n) is 4.76. The van der Waals surface area contributed by atoms with Crippen LogP contribution in [0.4, 0.5) is 10.2 Å². The molecule has 0 radical (unpaired) electrons. The Kier molecular flexibility index (Phi) is 3.28. The smallest absolute Gasteiger partial charge is 0.151 e. The van der Waals surface area contributed by atoms with Crippen LogP contribution in [0, 0.1) is 5.82 Å². The monoisotopic (exact) mass is 324 g/mol. The number of anilines is 1. The minimum absolute atomic E-state index is 0.199. The van der Waals surface area contributed by atoms with Gasteiger partial charge in [-0.25, -0.2) is 4.39 Å². The van der Waals surface area contributed by atoms with Crippen LogP contribution in [-0.2, 0) is 0 Å². The predicted octanol–water partition coefficient (Wildman–Crippen LogP) is 2.52. The molecule has 1 atom stereocenters. The molecule has 0 saturated carbocycles. The normalized spacial score (nSPS) is 19.1. The minimum atomic E-state index is -0.275. The molecule has 1 aromatic heterocycles. The van der Waals surface area contributed by atoms with Gasteiger partial charge in [-0.1, -0.05) is 15.9 Å². The first kappa shape index (κ1) is 12.6. The number of benzene rings is 1. The number of aromatic amines is 1. The molecule has 1 aliphatic heterocycles. The number of H-pyrrole nitrogens is 1.